The Morgan fingerprint density at radius 3 is 2.25 bits per heavy atom. The van der Waals surface area contributed by atoms with E-state index in [1.54, 1.807) is 0 Å². The summed E-state index contributed by atoms with van der Waals surface area (Å²) in [4.78, 5) is 25.1. The van der Waals surface area contributed by atoms with Gasteiger partial charge >= 0.3 is 5.97 Å². The number of nitrogens with zero attached hydrogens (tertiary/aromatic N) is 1. The van der Waals surface area contributed by atoms with Crippen LogP contribution in [0.5, 0.6) is 0 Å². The van der Waals surface area contributed by atoms with Gasteiger partial charge in [-0.3, -0.25) is 4.79 Å². The average Bonchev–Trinajstić information content (AvgIpc) is 2.70. The van der Waals surface area contributed by atoms with Crippen molar-refractivity contribution in [1.29, 1.82) is 0 Å². The third-order valence-electron chi connectivity index (χ3n) is 3.72. The van der Waals surface area contributed by atoms with E-state index in [1.807, 2.05) is 32.9 Å². The van der Waals surface area contributed by atoms with E-state index in [2.05, 4.69) is 0 Å². The topological polar surface area (TPSA) is 77.8 Å². The molecule has 0 aromatic heterocycles. The van der Waals surface area contributed by atoms with Crippen molar-refractivity contribution in [2.75, 3.05) is 6.54 Å². The number of aliphatic carboxylic acids is 1. The van der Waals surface area contributed by atoms with Gasteiger partial charge in [0.25, 0.3) is 5.91 Å². The molecule has 1 aromatic rings. The highest BCUT2D eigenvalue weighted by Gasteiger charge is 2.39. The molecule has 1 fully saturated rings. The Kier molecular flexibility index (Phi) is 3.81. The number of carboxylic acids is 1. The summed E-state index contributed by atoms with van der Waals surface area (Å²) in [6.07, 6.45) is -0.684. The molecule has 1 heterocycles. The van der Waals surface area contributed by atoms with E-state index in [9.17, 15) is 19.8 Å². The van der Waals surface area contributed by atoms with E-state index in [0.717, 1.165) is 16.7 Å². The van der Waals surface area contributed by atoms with Crippen LogP contribution in [-0.4, -0.2) is 45.7 Å². The number of carbonyl (C=O) groups is 2. The molecule has 1 aliphatic heterocycles. The maximum atomic E-state index is 12.6. The molecule has 2 rings (SSSR count). The minimum atomic E-state index is -1.07. The smallest absolute Gasteiger partial charge is 0.326 e. The molecular weight excluding hydrogens is 258 g/mol. The van der Waals surface area contributed by atoms with Crippen LogP contribution in [-0.2, 0) is 4.79 Å². The van der Waals surface area contributed by atoms with Crippen molar-refractivity contribution in [1.82, 2.24) is 4.90 Å². The maximum Gasteiger partial charge on any atom is 0.326 e. The minimum Gasteiger partial charge on any atom is -0.480 e. The van der Waals surface area contributed by atoms with Gasteiger partial charge in [-0.1, -0.05) is 17.7 Å². The summed E-state index contributed by atoms with van der Waals surface area (Å²) in [6, 6.07) is 2.86. The molecule has 1 saturated heterocycles. The zero-order chi connectivity index (χ0) is 15.0. The molecular formula is C15H19NO4. The van der Waals surface area contributed by atoms with Crippen LogP contribution < -0.4 is 0 Å². The average molecular weight is 277 g/mol. The number of benzene rings is 1. The Bertz CT molecular complexity index is 544. The van der Waals surface area contributed by atoms with E-state index in [1.165, 1.54) is 4.90 Å². The molecule has 1 aliphatic rings. The highest BCUT2D eigenvalue weighted by molar-refractivity contribution is 5.99. The molecule has 1 aromatic carbocycles. The number of carbonyl (C=O) groups excluding carboxylic acids is 1. The zero-order valence-electron chi connectivity index (χ0n) is 11.9. The molecule has 5 heteroatoms. The lowest BCUT2D eigenvalue weighted by Crippen LogP contribution is -2.41. The molecule has 0 aliphatic carbocycles. The Hall–Kier alpha value is -1.88. The molecule has 108 valence electrons. The monoisotopic (exact) mass is 277 g/mol. The van der Waals surface area contributed by atoms with Crippen LogP contribution in [0.4, 0.5) is 0 Å². The molecule has 0 spiro atoms. The van der Waals surface area contributed by atoms with Crippen molar-refractivity contribution < 1.29 is 19.8 Å². The summed E-state index contributed by atoms with van der Waals surface area (Å²) in [6.45, 7) is 5.71. The Balaban J connectivity index is 2.39. The predicted octanol–water partition coefficient (Wildman–Crippen LogP) is 1.27. The predicted molar refractivity (Wildman–Crippen MR) is 73.7 cm³/mol. The maximum absolute atomic E-state index is 12.6. The zero-order valence-corrected chi connectivity index (χ0v) is 11.9. The fourth-order valence-corrected chi connectivity index (χ4v) is 2.93. The number of likely N-dealkylation sites (tertiary alicyclic amines) is 1. The summed E-state index contributed by atoms with van der Waals surface area (Å²) in [5, 5.41) is 18.8. The molecule has 2 N–H and O–H groups in total. The number of hydrogen-bond acceptors (Lipinski definition) is 3. The van der Waals surface area contributed by atoms with E-state index in [4.69, 9.17) is 0 Å². The first-order valence-corrected chi connectivity index (χ1v) is 6.61. The van der Waals surface area contributed by atoms with Crippen LogP contribution in [0.15, 0.2) is 12.1 Å². The summed E-state index contributed by atoms with van der Waals surface area (Å²) >= 11 is 0. The number of aryl methyl sites for hydroxylation is 3. The largest absolute Gasteiger partial charge is 0.480 e. The van der Waals surface area contributed by atoms with E-state index >= 15 is 0 Å². The van der Waals surface area contributed by atoms with Gasteiger partial charge in [-0.05, 0) is 31.9 Å². The van der Waals surface area contributed by atoms with Crippen LogP contribution in [0.25, 0.3) is 0 Å². The van der Waals surface area contributed by atoms with E-state index in [-0.39, 0.29) is 18.9 Å². The standard InChI is InChI=1S/C15H19NO4/c1-8-4-9(2)13(10(3)5-8)14(18)16-7-11(17)6-12(16)15(19)20/h4-5,11-12,17H,6-7H2,1-3H3,(H,19,20)/t11-,12-/m0/s1. The van der Waals surface area contributed by atoms with Crippen molar-refractivity contribution in [3.8, 4) is 0 Å². The molecule has 0 bridgehead atoms. The van der Waals surface area contributed by atoms with E-state index in [0.29, 0.717) is 5.56 Å². The van der Waals surface area contributed by atoms with Gasteiger partial charge in [0.2, 0.25) is 0 Å². The highest BCUT2D eigenvalue weighted by Crippen LogP contribution is 2.24. The third-order valence-corrected chi connectivity index (χ3v) is 3.72. The summed E-state index contributed by atoms with van der Waals surface area (Å²) < 4.78 is 0. The van der Waals surface area contributed by atoms with Gasteiger partial charge in [0, 0.05) is 18.5 Å². The van der Waals surface area contributed by atoms with Gasteiger partial charge in [0.15, 0.2) is 0 Å². The molecule has 2 atom stereocenters. The number of carboxylic acid groups (broad SMARTS) is 1. The van der Waals surface area contributed by atoms with Crippen molar-refractivity contribution >= 4 is 11.9 Å². The van der Waals surface area contributed by atoms with Crippen molar-refractivity contribution in [2.24, 2.45) is 0 Å². The van der Waals surface area contributed by atoms with Crippen LogP contribution in [0.2, 0.25) is 0 Å². The number of hydrogen-bond donors (Lipinski definition) is 2. The highest BCUT2D eigenvalue weighted by atomic mass is 16.4. The molecule has 0 radical (unpaired) electrons. The lowest BCUT2D eigenvalue weighted by Gasteiger charge is -2.23. The third kappa shape index (κ3) is 2.54. The van der Waals surface area contributed by atoms with Gasteiger partial charge in [-0.25, -0.2) is 4.79 Å². The van der Waals surface area contributed by atoms with Crippen molar-refractivity contribution in [3.05, 3.63) is 34.4 Å². The summed E-state index contributed by atoms with van der Waals surface area (Å²) in [5.74, 6) is -1.39. The summed E-state index contributed by atoms with van der Waals surface area (Å²) in [5.41, 5.74) is 3.26. The normalized spacial score (nSPS) is 22.1. The fraction of sp³-hybridized carbons (Fsp3) is 0.467. The van der Waals surface area contributed by atoms with Crippen molar-refractivity contribution in [2.45, 2.75) is 39.3 Å². The molecule has 0 saturated carbocycles. The Labute approximate surface area is 117 Å². The number of rotatable bonds is 2. The van der Waals surface area contributed by atoms with Gasteiger partial charge in [-0.15, -0.1) is 0 Å². The van der Waals surface area contributed by atoms with E-state index < -0.39 is 18.1 Å². The van der Waals surface area contributed by atoms with Gasteiger partial charge in [0.05, 0.1) is 6.10 Å². The lowest BCUT2D eigenvalue weighted by molar-refractivity contribution is -0.141. The van der Waals surface area contributed by atoms with Gasteiger partial charge < -0.3 is 15.1 Å². The second-order valence-electron chi connectivity index (χ2n) is 5.47. The first-order chi connectivity index (χ1) is 9.31. The first-order valence-electron chi connectivity index (χ1n) is 6.61. The van der Waals surface area contributed by atoms with Crippen molar-refractivity contribution in [3.63, 3.8) is 0 Å². The summed E-state index contributed by atoms with van der Waals surface area (Å²) in [7, 11) is 0. The molecule has 20 heavy (non-hydrogen) atoms. The molecule has 0 unspecified atom stereocenters. The minimum absolute atomic E-state index is 0.0720. The number of β-amino-alcohol motifs (C(OH)–C–C–N with tert-alkyl or cyclic N) is 1. The quantitative estimate of drug-likeness (QED) is 0.853. The van der Waals surface area contributed by atoms with Crippen LogP contribution in [0.3, 0.4) is 0 Å². The molecule has 5 nitrogen and oxygen atoms in total. The molecule has 1 amide bonds. The number of aliphatic hydroxyl groups excluding tert-OH is 1. The number of amides is 1. The number of aliphatic hydroxyl groups is 1. The second-order valence-corrected chi connectivity index (χ2v) is 5.47. The Morgan fingerprint density at radius 1 is 1.20 bits per heavy atom. The van der Waals surface area contributed by atoms with Crippen LogP contribution in [0, 0.1) is 20.8 Å². The van der Waals surface area contributed by atoms with Gasteiger partial charge in [0.1, 0.15) is 6.04 Å². The first kappa shape index (κ1) is 14.5. The SMILES string of the molecule is Cc1cc(C)c(C(=O)N2C[C@@H](O)C[C@H]2C(=O)O)c(C)c1. The lowest BCUT2D eigenvalue weighted by atomic mass is 9.98. The Morgan fingerprint density at radius 2 is 1.75 bits per heavy atom. The van der Waals surface area contributed by atoms with Gasteiger partial charge in [-0.2, -0.15) is 0 Å². The van der Waals surface area contributed by atoms with Crippen LogP contribution >= 0.6 is 0 Å². The van der Waals surface area contributed by atoms with Crippen LogP contribution in [0.1, 0.15) is 33.5 Å². The fourth-order valence-electron chi connectivity index (χ4n) is 2.93. The second kappa shape index (κ2) is 5.25.